The highest BCUT2D eigenvalue weighted by Gasteiger charge is 2.31. The number of aromatic amines is 1. The van der Waals surface area contributed by atoms with Gasteiger partial charge in [-0.2, -0.15) is 0 Å². The standard InChI is InChI=1S/C12H15NO3/c1-6(2)8-5-10(14)16-9-4-7(3)13-12(15)11(8)9/h4,6,8H,5H2,1-3H3,(H,13,15)/t8-/m0/s1. The molecule has 4 nitrogen and oxygen atoms in total. The van der Waals surface area contributed by atoms with E-state index in [0.29, 0.717) is 17.0 Å². The SMILES string of the molecule is Cc1cc2c(c(=O)[nH]1)[C@H](C(C)C)CC(=O)O2. The molecule has 2 heterocycles. The Labute approximate surface area is 93.6 Å². The Morgan fingerprint density at radius 2 is 2.12 bits per heavy atom. The monoisotopic (exact) mass is 221 g/mol. The van der Waals surface area contributed by atoms with E-state index < -0.39 is 0 Å². The summed E-state index contributed by atoms with van der Waals surface area (Å²) in [6, 6.07) is 1.71. The molecule has 4 heteroatoms. The highest BCUT2D eigenvalue weighted by molar-refractivity contribution is 5.76. The molecule has 0 aliphatic carbocycles. The molecule has 0 bridgehead atoms. The van der Waals surface area contributed by atoms with Crippen molar-refractivity contribution < 1.29 is 9.53 Å². The molecule has 1 aromatic rings. The number of rotatable bonds is 1. The van der Waals surface area contributed by atoms with Gasteiger partial charge in [-0.25, -0.2) is 0 Å². The van der Waals surface area contributed by atoms with E-state index in [4.69, 9.17) is 4.74 Å². The van der Waals surface area contributed by atoms with E-state index in [1.54, 1.807) is 13.0 Å². The van der Waals surface area contributed by atoms with Gasteiger partial charge in [-0.05, 0) is 12.8 Å². The maximum atomic E-state index is 11.9. The van der Waals surface area contributed by atoms with Crippen molar-refractivity contribution in [1.29, 1.82) is 0 Å². The summed E-state index contributed by atoms with van der Waals surface area (Å²) in [7, 11) is 0. The van der Waals surface area contributed by atoms with Crippen molar-refractivity contribution in [1.82, 2.24) is 4.98 Å². The lowest BCUT2D eigenvalue weighted by Gasteiger charge is -2.26. The summed E-state index contributed by atoms with van der Waals surface area (Å²) in [4.78, 5) is 26.0. The van der Waals surface area contributed by atoms with Crippen LogP contribution in [0.25, 0.3) is 0 Å². The summed E-state index contributed by atoms with van der Waals surface area (Å²) >= 11 is 0. The Kier molecular flexibility index (Phi) is 2.58. The first kappa shape index (κ1) is 10.9. The molecule has 1 aliphatic rings. The molecular formula is C12H15NO3. The molecular weight excluding hydrogens is 206 g/mol. The molecule has 0 radical (unpaired) electrons. The molecule has 2 rings (SSSR count). The summed E-state index contributed by atoms with van der Waals surface area (Å²) in [5, 5.41) is 0. The van der Waals surface area contributed by atoms with E-state index in [9.17, 15) is 9.59 Å². The van der Waals surface area contributed by atoms with Gasteiger partial charge in [-0.15, -0.1) is 0 Å². The summed E-state index contributed by atoms with van der Waals surface area (Å²) in [6.07, 6.45) is 0.288. The third kappa shape index (κ3) is 1.75. The molecule has 0 saturated heterocycles. The van der Waals surface area contributed by atoms with Gasteiger partial charge in [0.25, 0.3) is 5.56 Å². The molecule has 0 saturated carbocycles. The molecule has 1 aromatic heterocycles. The van der Waals surface area contributed by atoms with Crippen LogP contribution in [-0.4, -0.2) is 11.0 Å². The van der Waals surface area contributed by atoms with Gasteiger partial charge in [0.15, 0.2) is 0 Å². The number of hydrogen-bond acceptors (Lipinski definition) is 3. The second-order valence-electron chi connectivity index (χ2n) is 4.59. The summed E-state index contributed by atoms with van der Waals surface area (Å²) < 4.78 is 5.11. The number of aryl methyl sites for hydroxylation is 1. The van der Waals surface area contributed by atoms with Gasteiger partial charge in [0.1, 0.15) is 5.75 Å². The smallest absolute Gasteiger partial charge is 0.311 e. The molecule has 0 unspecified atom stereocenters. The molecule has 0 amide bonds. The average Bonchev–Trinajstić information content (AvgIpc) is 2.14. The zero-order valence-corrected chi connectivity index (χ0v) is 9.66. The fourth-order valence-electron chi connectivity index (χ4n) is 2.12. The number of H-pyrrole nitrogens is 1. The highest BCUT2D eigenvalue weighted by Crippen LogP contribution is 2.36. The fourth-order valence-corrected chi connectivity index (χ4v) is 2.12. The third-order valence-electron chi connectivity index (χ3n) is 2.95. The van der Waals surface area contributed by atoms with Crippen LogP contribution in [0.15, 0.2) is 10.9 Å². The van der Waals surface area contributed by atoms with E-state index >= 15 is 0 Å². The zero-order chi connectivity index (χ0) is 11.9. The molecule has 1 N–H and O–H groups in total. The maximum Gasteiger partial charge on any atom is 0.311 e. The van der Waals surface area contributed by atoms with Crippen LogP contribution in [0, 0.1) is 12.8 Å². The van der Waals surface area contributed by atoms with Gasteiger partial charge in [0.05, 0.1) is 12.0 Å². The lowest BCUT2D eigenvalue weighted by Crippen LogP contribution is -2.30. The largest absolute Gasteiger partial charge is 0.426 e. The number of carbonyl (C=O) groups excluding carboxylic acids is 1. The average molecular weight is 221 g/mol. The van der Waals surface area contributed by atoms with Crippen LogP contribution < -0.4 is 10.3 Å². The molecule has 0 fully saturated rings. The number of aromatic nitrogens is 1. The number of nitrogens with one attached hydrogen (secondary N) is 1. The summed E-state index contributed by atoms with van der Waals surface area (Å²) in [5.41, 5.74) is 1.18. The van der Waals surface area contributed by atoms with Gasteiger partial charge < -0.3 is 9.72 Å². The van der Waals surface area contributed by atoms with Crippen molar-refractivity contribution in [3.05, 3.63) is 27.7 Å². The van der Waals surface area contributed by atoms with E-state index in [0.717, 1.165) is 0 Å². The lowest BCUT2D eigenvalue weighted by atomic mass is 9.84. The fraction of sp³-hybridized carbons (Fsp3) is 0.500. The Morgan fingerprint density at radius 1 is 1.44 bits per heavy atom. The first-order valence-corrected chi connectivity index (χ1v) is 5.43. The van der Waals surface area contributed by atoms with Gasteiger partial charge in [-0.3, -0.25) is 9.59 Å². The first-order valence-electron chi connectivity index (χ1n) is 5.43. The predicted molar refractivity (Wildman–Crippen MR) is 59.6 cm³/mol. The van der Waals surface area contributed by atoms with Crippen LogP contribution in [0.5, 0.6) is 5.75 Å². The van der Waals surface area contributed by atoms with E-state index in [1.807, 2.05) is 13.8 Å². The second-order valence-corrected chi connectivity index (χ2v) is 4.59. The summed E-state index contributed by atoms with van der Waals surface area (Å²) in [5.74, 6) is 0.378. The van der Waals surface area contributed by atoms with Gasteiger partial charge in [0.2, 0.25) is 0 Å². The molecule has 86 valence electrons. The quantitative estimate of drug-likeness (QED) is 0.735. The minimum atomic E-state index is -0.254. The number of fused-ring (bicyclic) bond motifs is 1. The predicted octanol–water partition coefficient (Wildman–Crippen LogP) is 1.73. The van der Waals surface area contributed by atoms with Crippen molar-refractivity contribution >= 4 is 5.97 Å². The Bertz CT molecular complexity index is 488. The first-order chi connectivity index (χ1) is 7.49. The Hall–Kier alpha value is -1.58. The topological polar surface area (TPSA) is 59.2 Å². The molecule has 0 spiro atoms. The van der Waals surface area contributed by atoms with Crippen LogP contribution in [0.3, 0.4) is 0 Å². The van der Waals surface area contributed by atoms with Crippen molar-refractivity contribution in [2.45, 2.75) is 33.1 Å². The van der Waals surface area contributed by atoms with Crippen LogP contribution in [0.2, 0.25) is 0 Å². The molecule has 0 aromatic carbocycles. The zero-order valence-electron chi connectivity index (χ0n) is 9.66. The normalized spacial score (nSPS) is 19.5. The van der Waals surface area contributed by atoms with Crippen LogP contribution >= 0.6 is 0 Å². The van der Waals surface area contributed by atoms with Crippen LogP contribution in [0.1, 0.15) is 37.4 Å². The van der Waals surface area contributed by atoms with E-state index in [2.05, 4.69) is 4.98 Å². The third-order valence-corrected chi connectivity index (χ3v) is 2.95. The summed E-state index contributed by atoms with van der Waals surface area (Å²) in [6.45, 7) is 5.78. The number of esters is 1. The minimum Gasteiger partial charge on any atom is -0.426 e. The molecule has 16 heavy (non-hydrogen) atoms. The number of ether oxygens (including phenoxy) is 1. The molecule has 1 atom stereocenters. The Morgan fingerprint density at radius 3 is 2.75 bits per heavy atom. The van der Waals surface area contributed by atoms with Crippen LogP contribution in [-0.2, 0) is 4.79 Å². The van der Waals surface area contributed by atoms with Crippen molar-refractivity contribution in [3.63, 3.8) is 0 Å². The van der Waals surface area contributed by atoms with Crippen molar-refractivity contribution in [3.8, 4) is 5.75 Å². The number of carbonyl (C=O) groups is 1. The van der Waals surface area contributed by atoms with Gasteiger partial charge in [0, 0.05) is 17.7 Å². The maximum absolute atomic E-state index is 11.9. The van der Waals surface area contributed by atoms with Crippen molar-refractivity contribution in [2.75, 3.05) is 0 Å². The minimum absolute atomic E-state index is 0.0411. The van der Waals surface area contributed by atoms with Gasteiger partial charge >= 0.3 is 5.97 Å². The highest BCUT2D eigenvalue weighted by atomic mass is 16.5. The lowest BCUT2D eigenvalue weighted by molar-refractivity contribution is -0.136. The van der Waals surface area contributed by atoms with E-state index in [-0.39, 0.29) is 29.8 Å². The molecule has 1 aliphatic heterocycles. The number of hydrogen-bond donors (Lipinski definition) is 1. The van der Waals surface area contributed by atoms with Gasteiger partial charge in [-0.1, -0.05) is 13.8 Å². The van der Waals surface area contributed by atoms with E-state index in [1.165, 1.54) is 0 Å². The Balaban J connectivity index is 2.61. The second kappa shape index (κ2) is 3.77. The van der Waals surface area contributed by atoms with Crippen molar-refractivity contribution in [2.24, 2.45) is 5.92 Å². The van der Waals surface area contributed by atoms with Crippen LogP contribution in [0.4, 0.5) is 0 Å². The number of pyridine rings is 1.